The van der Waals surface area contributed by atoms with E-state index in [-0.39, 0.29) is 5.75 Å². The minimum atomic E-state index is -4.00. The highest BCUT2D eigenvalue weighted by atomic mass is 35.5. The van der Waals surface area contributed by atoms with Gasteiger partial charge in [-0.2, -0.15) is 13.6 Å². The lowest BCUT2D eigenvalue weighted by Gasteiger charge is -2.06. The minimum Gasteiger partial charge on any atom is -0.492 e. The van der Waals surface area contributed by atoms with E-state index in [4.69, 9.17) is 21.5 Å². The lowest BCUT2D eigenvalue weighted by molar-refractivity contribution is 0.341. The van der Waals surface area contributed by atoms with E-state index in [0.29, 0.717) is 18.2 Å². The third-order valence-electron chi connectivity index (χ3n) is 1.36. The SMILES string of the molecule is NS(=O)(=O)Oc1cccc(OCCCl)c1. The Morgan fingerprint density at radius 1 is 1.33 bits per heavy atom. The number of benzene rings is 1. The van der Waals surface area contributed by atoms with Crippen LogP contribution in [0.15, 0.2) is 24.3 Å². The van der Waals surface area contributed by atoms with E-state index in [9.17, 15) is 8.42 Å². The van der Waals surface area contributed by atoms with Gasteiger partial charge in [-0.15, -0.1) is 11.6 Å². The molecule has 7 heteroatoms. The topological polar surface area (TPSA) is 78.6 Å². The highest BCUT2D eigenvalue weighted by Crippen LogP contribution is 2.20. The van der Waals surface area contributed by atoms with Gasteiger partial charge >= 0.3 is 10.3 Å². The molecule has 0 saturated carbocycles. The van der Waals surface area contributed by atoms with Gasteiger partial charge in [-0.25, -0.2) is 0 Å². The zero-order valence-corrected chi connectivity index (χ0v) is 9.29. The first kappa shape index (κ1) is 12.1. The second kappa shape index (κ2) is 5.20. The number of ether oxygens (including phenoxy) is 1. The standard InChI is InChI=1S/C8H10ClNO4S/c9-4-5-13-7-2-1-3-8(6-7)14-15(10,11)12/h1-3,6H,4-5H2,(H2,10,11,12). The second-order valence-electron chi connectivity index (χ2n) is 2.59. The maximum atomic E-state index is 10.6. The van der Waals surface area contributed by atoms with Crippen molar-refractivity contribution in [1.29, 1.82) is 0 Å². The molecule has 0 radical (unpaired) electrons. The molecule has 0 fully saturated rings. The van der Waals surface area contributed by atoms with Crippen molar-refractivity contribution in [2.24, 2.45) is 5.14 Å². The van der Waals surface area contributed by atoms with Crippen LogP contribution in [-0.2, 0) is 10.3 Å². The molecule has 5 nitrogen and oxygen atoms in total. The van der Waals surface area contributed by atoms with Gasteiger partial charge in [0.2, 0.25) is 0 Å². The number of alkyl halides is 1. The summed E-state index contributed by atoms with van der Waals surface area (Å²) in [6.45, 7) is 0.334. The summed E-state index contributed by atoms with van der Waals surface area (Å²) in [6, 6.07) is 6.11. The molecule has 2 N–H and O–H groups in total. The summed E-state index contributed by atoms with van der Waals surface area (Å²) in [4.78, 5) is 0. The summed E-state index contributed by atoms with van der Waals surface area (Å²) in [5.41, 5.74) is 0. The molecule has 0 aliphatic carbocycles. The van der Waals surface area contributed by atoms with Crippen LogP contribution in [0.3, 0.4) is 0 Å². The number of hydrogen-bond acceptors (Lipinski definition) is 4. The molecule has 0 amide bonds. The lowest BCUT2D eigenvalue weighted by Crippen LogP contribution is -2.18. The van der Waals surface area contributed by atoms with Gasteiger partial charge in [0, 0.05) is 6.07 Å². The zero-order chi connectivity index (χ0) is 11.3. The van der Waals surface area contributed by atoms with Gasteiger partial charge in [0.05, 0.1) is 5.88 Å². The van der Waals surface area contributed by atoms with Crippen LogP contribution in [0.1, 0.15) is 0 Å². The highest BCUT2D eigenvalue weighted by molar-refractivity contribution is 7.84. The van der Waals surface area contributed by atoms with Crippen LogP contribution in [0.4, 0.5) is 0 Å². The van der Waals surface area contributed by atoms with Crippen LogP contribution < -0.4 is 14.1 Å². The van der Waals surface area contributed by atoms with E-state index < -0.39 is 10.3 Å². The highest BCUT2D eigenvalue weighted by Gasteiger charge is 2.05. The average Bonchev–Trinajstić information content (AvgIpc) is 2.12. The van der Waals surface area contributed by atoms with Crippen molar-refractivity contribution in [3.05, 3.63) is 24.3 Å². The van der Waals surface area contributed by atoms with Gasteiger partial charge in [-0.3, -0.25) is 0 Å². The van der Waals surface area contributed by atoms with Crippen LogP contribution in [0.25, 0.3) is 0 Å². The summed E-state index contributed by atoms with van der Waals surface area (Å²) >= 11 is 5.43. The van der Waals surface area contributed by atoms with Crippen molar-refractivity contribution in [2.75, 3.05) is 12.5 Å². The smallest absolute Gasteiger partial charge is 0.380 e. The van der Waals surface area contributed by atoms with E-state index in [1.165, 1.54) is 12.1 Å². The predicted octanol–water partition coefficient (Wildman–Crippen LogP) is 0.886. The summed E-state index contributed by atoms with van der Waals surface area (Å²) in [6.07, 6.45) is 0. The van der Waals surface area contributed by atoms with Gasteiger partial charge in [0.25, 0.3) is 0 Å². The predicted molar refractivity (Wildman–Crippen MR) is 56.4 cm³/mol. The molecule has 0 saturated heterocycles. The Morgan fingerprint density at radius 2 is 2.00 bits per heavy atom. The molecule has 0 aliphatic rings. The average molecular weight is 252 g/mol. The molecule has 0 aromatic heterocycles. The van der Waals surface area contributed by atoms with Crippen molar-refractivity contribution in [3.63, 3.8) is 0 Å². The molecule has 84 valence electrons. The summed E-state index contributed by atoms with van der Waals surface area (Å²) in [5.74, 6) is 0.918. The molecular weight excluding hydrogens is 242 g/mol. The first-order valence-electron chi connectivity index (χ1n) is 4.02. The van der Waals surface area contributed by atoms with Crippen molar-refractivity contribution >= 4 is 21.9 Å². The summed E-state index contributed by atoms with van der Waals surface area (Å²) < 4.78 is 30.9. The molecule has 0 bridgehead atoms. The van der Waals surface area contributed by atoms with Crippen molar-refractivity contribution < 1.29 is 17.3 Å². The Bertz CT molecular complexity index is 420. The molecular formula is C8H10ClNO4S. The third-order valence-corrected chi connectivity index (χ3v) is 1.94. The molecule has 1 aromatic carbocycles. The van der Waals surface area contributed by atoms with Gasteiger partial charge in [0.15, 0.2) is 0 Å². The third kappa shape index (κ3) is 4.87. The normalized spacial score (nSPS) is 11.1. The first-order valence-corrected chi connectivity index (χ1v) is 6.03. The van der Waals surface area contributed by atoms with E-state index in [1.807, 2.05) is 0 Å². The number of rotatable bonds is 5. The van der Waals surface area contributed by atoms with Crippen LogP contribution in [0, 0.1) is 0 Å². The fourth-order valence-electron chi connectivity index (χ4n) is 0.906. The van der Waals surface area contributed by atoms with E-state index in [1.54, 1.807) is 12.1 Å². The maximum absolute atomic E-state index is 10.6. The van der Waals surface area contributed by atoms with Crippen molar-refractivity contribution in [1.82, 2.24) is 0 Å². The zero-order valence-electron chi connectivity index (χ0n) is 7.72. The second-order valence-corrected chi connectivity index (χ2v) is 4.12. The van der Waals surface area contributed by atoms with Crippen LogP contribution in [-0.4, -0.2) is 20.9 Å². The fraction of sp³-hybridized carbons (Fsp3) is 0.250. The Hall–Kier alpha value is -0.980. The maximum Gasteiger partial charge on any atom is 0.380 e. The Labute approximate surface area is 93.0 Å². The molecule has 1 rings (SSSR count). The minimum absolute atomic E-state index is 0.101. The molecule has 0 atom stereocenters. The van der Waals surface area contributed by atoms with Crippen molar-refractivity contribution in [3.8, 4) is 11.5 Å². The number of hydrogen-bond donors (Lipinski definition) is 1. The number of halogens is 1. The van der Waals surface area contributed by atoms with E-state index in [0.717, 1.165) is 0 Å². The van der Waals surface area contributed by atoms with Crippen LogP contribution in [0.2, 0.25) is 0 Å². The van der Waals surface area contributed by atoms with Gasteiger partial charge in [-0.1, -0.05) is 6.07 Å². The van der Waals surface area contributed by atoms with Crippen LogP contribution in [0.5, 0.6) is 11.5 Å². The summed E-state index contributed by atoms with van der Waals surface area (Å²) in [7, 11) is -4.00. The molecule has 0 spiro atoms. The van der Waals surface area contributed by atoms with E-state index >= 15 is 0 Å². The molecule has 0 unspecified atom stereocenters. The lowest BCUT2D eigenvalue weighted by atomic mass is 10.3. The number of nitrogens with two attached hydrogens (primary N) is 1. The monoisotopic (exact) mass is 251 g/mol. The molecule has 0 heterocycles. The Kier molecular flexibility index (Phi) is 4.19. The largest absolute Gasteiger partial charge is 0.492 e. The molecule has 1 aromatic rings. The molecule has 15 heavy (non-hydrogen) atoms. The van der Waals surface area contributed by atoms with Crippen molar-refractivity contribution in [2.45, 2.75) is 0 Å². The van der Waals surface area contributed by atoms with Gasteiger partial charge in [-0.05, 0) is 12.1 Å². The van der Waals surface area contributed by atoms with Gasteiger partial charge < -0.3 is 8.92 Å². The Balaban J connectivity index is 2.74. The summed E-state index contributed by atoms with van der Waals surface area (Å²) in [5, 5.41) is 4.71. The Morgan fingerprint density at radius 3 is 2.60 bits per heavy atom. The quantitative estimate of drug-likeness (QED) is 0.788. The van der Waals surface area contributed by atoms with E-state index in [2.05, 4.69) is 4.18 Å². The molecule has 0 aliphatic heterocycles. The van der Waals surface area contributed by atoms with Gasteiger partial charge in [0.1, 0.15) is 18.1 Å². The first-order chi connectivity index (χ1) is 7.01. The van der Waals surface area contributed by atoms with Crippen LogP contribution >= 0.6 is 11.6 Å². The fourth-order valence-corrected chi connectivity index (χ4v) is 1.36.